The van der Waals surface area contributed by atoms with Crippen molar-refractivity contribution in [1.82, 2.24) is 5.32 Å². The summed E-state index contributed by atoms with van der Waals surface area (Å²) in [5.41, 5.74) is 2.74. The topological polar surface area (TPSA) is 61.7 Å². The zero-order valence-corrected chi connectivity index (χ0v) is 14.4. The molecule has 0 fully saturated rings. The predicted molar refractivity (Wildman–Crippen MR) is 105 cm³/mol. The lowest BCUT2D eigenvalue weighted by atomic mass is 10.0. The monoisotopic (exact) mass is 342 g/mol. The van der Waals surface area contributed by atoms with Gasteiger partial charge >= 0.3 is 0 Å². The average molecular weight is 342 g/mol. The van der Waals surface area contributed by atoms with E-state index in [1.807, 2.05) is 19.1 Å². The molecule has 2 aromatic rings. The van der Waals surface area contributed by atoms with Crippen LogP contribution in [0, 0.1) is 31.6 Å². The van der Waals surface area contributed by atoms with Crippen LogP contribution < -0.4 is 5.32 Å². The second-order valence-electron chi connectivity index (χ2n) is 5.41. The molecule has 1 amide bonds. The van der Waals surface area contributed by atoms with Crippen LogP contribution in [0.3, 0.4) is 0 Å². The van der Waals surface area contributed by atoms with Crippen molar-refractivity contribution in [3.63, 3.8) is 0 Å². The molecule has 26 heavy (non-hydrogen) atoms. The SMILES string of the molecule is C#CCNC(=O)/C(C=Nc1ccc(C#C)cc1)=C(/O)c1ccccc1C. The van der Waals surface area contributed by atoms with Crippen molar-refractivity contribution in [1.29, 1.82) is 0 Å². The first kappa shape index (κ1) is 18.6. The summed E-state index contributed by atoms with van der Waals surface area (Å²) < 4.78 is 0. The lowest BCUT2D eigenvalue weighted by Crippen LogP contribution is -2.26. The first-order valence-corrected chi connectivity index (χ1v) is 7.88. The second kappa shape index (κ2) is 8.92. The number of nitrogens with one attached hydrogen (secondary N) is 1. The summed E-state index contributed by atoms with van der Waals surface area (Å²) in [5.74, 6) is 4.18. The molecule has 4 heteroatoms. The number of hydrogen-bond donors (Lipinski definition) is 2. The van der Waals surface area contributed by atoms with Gasteiger partial charge in [0.05, 0.1) is 17.8 Å². The van der Waals surface area contributed by atoms with E-state index in [2.05, 4.69) is 22.2 Å². The molecule has 2 rings (SSSR count). The number of carbonyl (C=O) groups is 1. The van der Waals surface area contributed by atoms with E-state index in [4.69, 9.17) is 12.8 Å². The van der Waals surface area contributed by atoms with Gasteiger partial charge in [-0.15, -0.1) is 12.8 Å². The van der Waals surface area contributed by atoms with Crippen molar-refractivity contribution >= 4 is 23.6 Å². The fraction of sp³-hybridized carbons (Fsp3) is 0.0909. The zero-order chi connectivity index (χ0) is 18.9. The molecular formula is C22H18N2O2. The summed E-state index contributed by atoms with van der Waals surface area (Å²) in [6, 6.07) is 14.2. The van der Waals surface area contributed by atoms with Gasteiger partial charge in [0, 0.05) is 17.3 Å². The lowest BCUT2D eigenvalue weighted by molar-refractivity contribution is -0.116. The molecule has 2 N–H and O–H groups in total. The van der Waals surface area contributed by atoms with Crippen LogP contribution in [-0.2, 0) is 4.79 Å². The van der Waals surface area contributed by atoms with Crippen LogP contribution in [0.1, 0.15) is 16.7 Å². The fourth-order valence-corrected chi connectivity index (χ4v) is 2.22. The molecule has 4 nitrogen and oxygen atoms in total. The first-order valence-electron chi connectivity index (χ1n) is 7.88. The van der Waals surface area contributed by atoms with Crippen LogP contribution in [-0.4, -0.2) is 23.8 Å². The van der Waals surface area contributed by atoms with Crippen molar-refractivity contribution in [2.24, 2.45) is 4.99 Å². The number of aliphatic hydroxyl groups is 1. The average Bonchev–Trinajstić information content (AvgIpc) is 2.67. The minimum Gasteiger partial charge on any atom is -0.506 e. The van der Waals surface area contributed by atoms with Gasteiger partial charge in [-0.05, 0) is 36.8 Å². The number of carbonyl (C=O) groups excluding carboxylic acids is 1. The third-order valence-electron chi connectivity index (χ3n) is 3.63. The van der Waals surface area contributed by atoms with E-state index in [0.717, 1.165) is 11.1 Å². The van der Waals surface area contributed by atoms with Gasteiger partial charge in [-0.3, -0.25) is 9.79 Å². The molecule has 0 aliphatic heterocycles. The summed E-state index contributed by atoms with van der Waals surface area (Å²) in [7, 11) is 0. The van der Waals surface area contributed by atoms with Crippen LogP contribution in [0.15, 0.2) is 59.1 Å². The summed E-state index contributed by atoms with van der Waals surface area (Å²) in [6.45, 7) is 1.90. The standard InChI is InChI=1S/C22H18N2O2/c1-4-14-23-22(26)20(21(25)19-9-7-6-8-16(19)3)15-24-18-12-10-17(5-2)11-13-18/h1-2,6-13,15,25H,14H2,3H3,(H,23,26)/b21-20+,24-15?. The first-order chi connectivity index (χ1) is 12.6. The molecule has 0 bridgehead atoms. The second-order valence-corrected chi connectivity index (χ2v) is 5.41. The van der Waals surface area contributed by atoms with Crippen LogP contribution in [0.4, 0.5) is 5.69 Å². The van der Waals surface area contributed by atoms with Crippen LogP contribution in [0.2, 0.25) is 0 Å². The molecule has 0 spiro atoms. The molecule has 0 aromatic heterocycles. The van der Waals surface area contributed by atoms with Gasteiger partial charge in [-0.2, -0.15) is 0 Å². The third kappa shape index (κ3) is 4.63. The highest BCUT2D eigenvalue weighted by atomic mass is 16.3. The number of nitrogens with zero attached hydrogens (tertiary/aromatic N) is 1. The minimum atomic E-state index is -0.507. The number of amides is 1. The van der Waals surface area contributed by atoms with E-state index in [9.17, 15) is 9.90 Å². The Balaban J connectivity index is 2.43. The van der Waals surface area contributed by atoms with Crippen LogP contribution >= 0.6 is 0 Å². The molecule has 0 saturated carbocycles. The van der Waals surface area contributed by atoms with Gasteiger partial charge in [0.25, 0.3) is 5.91 Å². The molecule has 0 unspecified atom stereocenters. The van der Waals surface area contributed by atoms with Gasteiger partial charge in [-0.25, -0.2) is 0 Å². The molecule has 0 aliphatic rings. The van der Waals surface area contributed by atoms with Gasteiger partial charge < -0.3 is 10.4 Å². The van der Waals surface area contributed by atoms with Crippen molar-refractivity contribution < 1.29 is 9.90 Å². The Morgan fingerprint density at radius 1 is 1.19 bits per heavy atom. The van der Waals surface area contributed by atoms with Crippen LogP contribution in [0.25, 0.3) is 5.76 Å². The van der Waals surface area contributed by atoms with E-state index >= 15 is 0 Å². The summed E-state index contributed by atoms with van der Waals surface area (Å²) in [6.07, 6.45) is 11.8. The number of rotatable bonds is 5. The normalized spacial score (nSPS) is 11.3. The minimum absolute atomic E-state index is 0.0237. The molecule has 0 atom stereocenters. The highest BCUT2D eigenvalue weighted by molar-refractivity contribution is 6.17. The van der Waals surface area contributed by atoms with E-state index in [1.165, 1.54) is 6.21 Å². The molecule has 0 radical (unpaired) electrons. The smallest absolute Gasteiger partial charge is 0.257 e. The zero-order valence-electron chi connectivity index (χ0n) is 14.4. The Kier molecular flexibility index (Phi) is 6.37. The number of aliphatic imine (C=N–C) groups is 1. The third-order valence-corrected chi connectivity index (χ3v) is 3.63. The van der Waals surface area contributed by atoms with Gasteiger partial charge in [0.15, 0.2) is 0 Å². The number of benzene rings is 2. The summed E-state index contributed by atoms with van der Waals surface area (Å²) >= 11 is 0. The van der Waals surface area contributed by atoms with E-state index in [1.54, 1.807) is 36.4 Å². The number of aryl methyl sites for hydroxylation is 1. The van der Waals surface area contributed by atoms with Crippen molar-refractivity contribution in [2.45, 2.75) is 6.92 Å². The predicted octanol–water partition coefficient (Wildman–Crippen LogP) is 3.40. The highest BCUT2D eigenvalue weighted by Gasteiger charge is 2.15. The molecule has 0 saturated heterocycles. The molecule has 2 aromatic carbocycles. The van der Waals surface area contributed by atoms with E-state index in [0.29, 0.717) is 11.3 Å². The summed E-state index contributed by atoms with van der Waals surface area (Å²) in [4.78, 5) is 16.7. The highest BCUT2D eigenvalue weighted by Crippen LogP contribution is 2.20. The largest absolute Gasteiger partial charge is 0.506 e. The fourth-order valence-electron chi connectivity index (χ4n) is 2.22. The van der Waals surface area contributed by atoms with E-state index in [-0.39, 0.29) is 17.9 Å². The van der Waals surface area contributed by atoms with Crippen molar-refractivity contribution in [3.8, 4) is 24.7 Å². The lowest BCUT2D eigenvalue weighted by Gasteiger charge is -2.09. The molecule has 128 valence electrons. The van der Waals surface area contributed by atoms with Crippen LogP contribution in [0.5, 0.6) is 0 Å². The Morgan fingerprint density at radius 3 is 2.50 bits per heavy atom. The quantitative estimate of drug-likeness (QED) is 0.379. The Morgan fingerprint density at radius 2 is 1.88 bits per heavy atom. The van der Waals surface area contributed by atoms with E-state index < -0.39 is 5.91 Å². The summed E-state index contributed by atoms with van der Waals surface area (Å²) in [5, 5.41) is 13.2. The molecular weight excluding hydrogens is 324 g/mol. The Bertz CT molecular complexity index is 939. The molecule has 0 aliphatic carbocycles. The van der Waals surface area contributed by atoms with Crippen molar-refractivity contribution in [2.75, 3.05) is 6.54 Å². The Labute approximate surface area is 153 Å². The maximum atomic E-state index is 12.4. The van der Waals surface area contributed by atoms with Gasteiger partial charge in [0.2, 0.25) is 0 Å². The molecule has 0 heterocycles. The maximum absolute atomic E-state index is 12.4. The number of terminal acetylenes is 2. The maximum Gasteiger partial charge on any atom is 0.257 e. The van der Waals surface area contributed by atoms with Crippen molar-refractivity contribution in [3.05, 3.63) is 70.8 Å². The van der Waals surface area contributed by atoms with Gasteiger partial charge in [-0.1, -0.05) is 36.1 Å². The number of aliphatic hydroxyl groups excluding tert-OH is 1. The number of hydrogen-bond acceptors (Lipinski definition) is 3. The van der Waals surface area contributed by atoms with Gasteiger partial charge in [0.1, 0.15) is 5.76 Å². The Hall–Kier alpha value is -3.76.